The molecular formula is C14H11ClN4O2. The number of aromatic nitrogens is 3. The molecule has 21 heavy (non-hydrogen) atoms. The number of amides is 1. The van der Waals surface area contributed by atoms with Gasteiger partial charge in [-0.2, -0.15) is 0 Å². The lowest BCUT2D eigenvalue weighted by atomic mass is 10.3. The van der Waals surface area contributed by atoms with Gasteiger partial charge in [-0.3, -0.25) is 4.79 Å². The van der Waals surface area contributed by atoms with Gasteiger partial charge in [0.2, 0.25) is 5.89 Å². The maximum Gasteiger partial charge on any atom is 0.273 e. The molecule has 1 aromatic carbocycles. The summed E-state index contributed by atoms with van der Waals surface area (Å²) >= 11 is 5.90. The van der Waals surface area contributed by atoms with Crippen molar-refractivity contribution in [2.24, 2.45) is 0 Å². The standard InChI is InChI=1S/C14H11ClN4O2/c1-19(2)14(20)11-6-5-10(17-18-11)13-16-9-4-3-8(15)7-12(9)21-13/h3-7H,1-2H3. The Balaban J connectivity index is 1.97. The van der Waals surface area contributed by atoms with Crippen LogP contribution in [0, 0.1) is 0 Å². The molecule has 0 unspecified atom stereocenters. The number of halogens is 1. The van der Waals surface area contributed by atoms with E-state index in [4.69, 9.17) is 16.0 Å². The predicted octanol–water partition coefficient (Wildman–Crippen LogP) is 2.64. The number of nitrogens with zero attached hydrogens (tertiary/aromatic N) is 4. The van der Waals surface area contributed by atoms with Crippen LogP contribution in [0.25, 0.3) is 22.7 Å². The first-order valence-corrected chi connectivity index (χ1v) is 6.54. The van der Waals surface area contributed by atoms with Gasteiger partial charge in [0.25, 0.3) is 5.91 Å². The largest absolute Gasteiger partial charge is 0.435 e. The van der Waals surface area contributed by atoms with Crippen molar-refractivity contribution in [3.63, 3.8) is 0 Å². The molecule has 0 atom stereocenters. The summed E-state index contributed by atoms with van der Waals surface area (Å²) in [6.45, 7) is 0. The van der Waals surface area contributed by atoms with E-state index in [1.807, 2.05) is 0 Å². The Kier molecular flexibility index (Phi) is 3.31. The molecule has 0 saturated heterocycles. The van der Waals surface area contributed by atoms with Crippen LogP contribution in [0.1, 0.15) is 10.5 Å². The van der Waals surface area contributed by atoms with Gasteiger partial charge in [0.15, 0.2) is 11.3 Å². The zero-order chi connectivity index (χ0) is 15.0. The monoisotopic (exact) mass is 302 g/mol. The van der Waals surface area contributed by atoms with Crippen molar-refractivity contribution in [1.29, 1.82) is 0 Å². The van der Waals surface area contributed by atoms with Gasteiger partial charge < -0.3 is 9.32 Å². The molecule has 1 amide bonds. The lowest BCUT2D eigenvalue weighted by Gasteiger charge is -2.08. The molecule has 7 heteroatoms. The van der Waals surface area contributed by atoms with Gasteiger partial charge in [-0.1, -0.05) is 11.6 Å². The van der Waals surface area contributed by atoms with Crippen LogP contribution in [0.2, 0.25) is 5.02 Å². The van der Waals surface area contributed by atoms with Crippen LogP contribution in [0.5, 0.6) is 0 Å². The molecule has 0 aliphatic rings. The lowest BCUT2D eigenvalue weighted by Crippen LogP contribution is -2.23. The van der Waals surface area contributed by atoms with Crippen LogP contribution in [-0.2, 0) is 0 Å². The smallest absolute Gasteiger partial charge is 0.273 e. The van der Waals surface area contributed by atoms with Crippen LogP contribution < -0.4 is 0 Å². The summed E-state index contributed by atoms with van der Waals surface area (Å²) in [5, 5.41) is 8.45. The summed E-state index contributed by atoms with van der Waals surface area (Å²) in [5.41, 5.74) is 1.98. The maximum absolute atomic E-state index is 11.7. The molecule has 0 saturated carbocycles. The fourth-order valence-electron chi connectivity index (χ4n) is 1.80. The van der Waals surface area contributed by atoms with Crippen molar-refractivity contribution in [2.45, 2.75) is 0 Å². The van der Waals surface area contributed by atoms with E-state index in [0.29, 0.717) is 27.7 Å². The number of oxazole rings is 1. The number of carbonyl (C=O) groups is 1. The second-order valence-corrected chi connectivity index (χ2v) is 5.07. The Hall–Kier alpha value is -2.47. The first-order chi connectivity index (χ1) is 10.0. The minimum Gasteiger partial charge on any atom is -0.435 e. The number of fused-ring (bicyclic) bond motifs is 1. The highest BCUT2D eigenvalue weighted by Gasteiger charge is 2.14. The second-order valence-electron chi connectivity index (χ2n) is 4.63. The van der Waals surface area contributed by atoms with Gasteiger partial charge in [-0.25, -0.2) is 4.98 Å². The van der Waals surface area contributed by atoms with E-state index in [0.717, 1.165) is 0 Å². The maximum atomic E-state index is 11.7. The van der Waals surface area contributed by atoms with Crippen LogP contribution >= 0.6 is 11.6 Å². The Morgan fingerprint density at radius 2 is 2.00 bits per heavy atom. The van der Waals surface area contributed by atoms with Crippen LogP contribution in [0.15, 0.2) is 34.7 Å². The Morgan fingerprint density at radius 3 is 2.67 bits per heavy atom. The SMILES string of the molecule is CN(C)C(=O)c1ccc(-c2nc3ccc(Cl)cc3o2)nn1. The van der Waals surface area contributed by atoms with Gasteiger partial charge in [-0.15, -0.1) is 10.2 Å². The third-order valence-electron chi connectivity index (χ3n) is 2.86. The summed E-state index contributed by atoms with van der Waals surface area (Å²) in [5.74, 6) is 0.127. The number of benzene rings is 1. The van der Waals surface area contributed by atoms with E-state index >= 15 is 0 Å². The summed E-state index contributed by atoms with van der Waals surface area (Å²) < 4.78 is 5.59. The topological polar surface area (TPSA) is 72.1 Å². The molecule has 0 radical (unpaired) electrons. The molecule has 6 nitrogen and oxygen atoms in total. The number of hydrogen-bond acceptors (Lipinski definition) is 5. The molecule has 2 aromatic heterocycles. The number of hydrogen-bond donors (Lipinski definition) is 0. The van der Waals surface area contributed by atoms with E-state index in [9.17, 15) is 4.79 Å². The van der Waals surface area contributed by atoms with Crippen molar-refractivity contribution in [3.05, 3.63) is 41.0 Å². The summed E-state index contributed by atoms with van der Waals surface area (Å²) in [7, 11) is 3.31. The van der Waals surface area contributed by atoms with Crippen molar-refractivity contribution in [3.8, 4) is 11.6 Å². The second kappa shape index (κ2) is 5.14. The predicted molar refractivity (Wildman–Crippen MR) is 78.1 cm³/mol. The molecule has 3 aromatic rings. The average molecular weight is 303 g/mol. The molecule has 2 heterocycles. The normalized spacial score (nSPS) is 10.8. The minimum atomic E-state index is -0.210. The van der Waals surface area contributed by atoms with Crippen LogP contribution in [-0.4, -0.2) is 40.1 Å². The minimum absolute atomic E-state index is 0.210. The molecule has 0 bridgehead atoms. The molecule has 0 spiro atoms. The molecule has 0 N–H and O–H groups in total. The highest BCUT2D eigenvalue weighted by atomic mass is 35.5. The zero-order valence-electron chi connectivity index (χ0n) is 11.4. The van der Waals surface area contributed by atoms with Crippen LogP contribution in [0.3, 0.4) is 0 Å². The Morgan fingerprint density at radius 1 is 1.19 bits per heavy atom. The summed E-state index contributed by atoms with van der Waals surface area (Å²) in [6.07, 6.45) is 0. The molecular weight excluding hydrogens is 292 g/mol. The van der Waals surface area contributed by atoms with Crippen molar-refractivity contribution >= 4 is 28.6 Å². The molecule has 3 rings (SSSR count). The molecule has 0 fully saturated rings. The molecule has 0 aliphatic carbocycles. The lowest BCUT2D eigenvalue weighted by molar-refractivity contribution is 0.0821. The third kappa shape index (κ3) is 2.57. The summed E-state index contributed by atoms with van der Waals surface area (Å²) in [6, 6.07) is 8.43. The van der Waals surface area contributed by atoms with Crippen molar-refractivity contribution in [2.75, 3.05) is 14.1 Å². The van der Waals surface area contributed by atoms with Gasteiger partial charge >= 0.3 is 0 Å². The highest BCUT2D eigenvalue weighted by molar-refractivity contribution is 6.31. The fourth-order valence-corrected chi connectivity index (χ4v) is 1.96. The number of rotatable bonds is 2. The van der Waals surface area contributed by atoms with E-state index in [-0.39, 0.29) is 11.6 Å². The van der Waals surface area contributed by atoms with Crippen molar-refractivity contribution in [1.82, 2.24) is 20.1 Å². The van der Waals surface area contributed by atoms with Gasteiger partial charge in [0.05, 0.1) is 0 Å². The van der Waals surface area contributed by atoms with Crippen molar-refractivity contribution < 1.29 is 9.21 Å². The van der Waals surface area contributed by atoms with E-state index in [1.54, 1.807) is 44.4 Å². The van der Waals surface area contributed by atoms with Gasteiger partial charge in [-0.05, 0) is 24.3 Å². The van der Waals surface area contributed by atoms with Gasteiger partial charge in [0.1, 0.15) is 11.2 Å². The first kappa shape index (κ1) is 13.5. The Labute approximate surface area is 125 Å². The molecule has 0 aliphatic heterocycles. The Bertz CT molecular complexity index is 811. The number of carbonyl (C=O) groups excluding carboxylic acids is 1. The van der Waals surface area contributed by atoms with E-state index in [2.05, 4.69) is 15.2 Å². The van der Waals surface area contributed by atoms with Crippen LogP contribution in [0.4, 0.5) is 0 Å². The summed E-state index contributed by atoms with van der Waals surface area (Å²) in [4.78, 5) is 17.5. The van der Waals surface area contributed by atoms with Gasteiger partial charge in [0, 0.05) is 25.2 Å². The van der Waals surface area contributed by atoms with E-state index in [1.165, 1.54) is 4.90 Å². The average Bonchev–Trinajstić information content (AvgIpc) is 2.89. The molecule has 106 valence electrons. The first-order valence-electron chi connectivity index (χ1n) is 6.16. The zero-order valence-corrected chi connectivity index (χ0v) is 12.1. The third-order valence-corrected chi connectivity index (χ3v) is 3.09. The quantitative estimate of drug-likeness (QED) is 0.727. The fraction of sp³-hybridized carbons (Fsp3) is 0.143. The van der Waals surface area contributed by atoms with E-state index < -0.39 is 0 Å². The highest BCUT2D eigenvalue weighted by Crippen LogP contribution is 2.24.